The molecule has 6 nitrogen and oxygen atoms in total. The molecule has 1 amide bonds. The molecule has 0 aliphatic heterocycles. The number of carbonyl (C=O) groups excluding carboxylic acids is 2. The van der Waals surface area contributed by atoms with Crippen LogP contribution in [-0.4, -0.2) is 47.4 Å². The monoisotopic (exact) mass is 982 g/mol. The number of ether oxygens (including phenoxy) is 1. The Morgan fingerprint density at radius 1 is 0.400 bits per heavy atom. The largest absolute Gasteiger partial charge is 0.466 e. The van der Waals surface area contributed by atoms with E-state index in [1.807, 2.05) is 6.08 Å². The Bertz CT molecular complexity index is 1180. The van der Waals surface area contributed by atoms with E-state index in [0.717, 1.165) is 51.4 Å². The Kier molecular flexibility index (Phi) is 57.5. The molecule has 410 valence electrons. The second kappa shape index (κ2) is 59.4. The number of rotatable bonds is 57. The molecule has 70 heavy (non-hydrogen) atoms. The van der Waals surface area contributed by atoms with Gasteiger partial charge in [0.15, 0.2) is 0 Å². The van der Waals surface area contributed by atoms with Crippen molar-refractivity contribution >= 4 is 11.9 Å². The fourth-order valence-electron chi connectivity index (χ4n) is 9.31. The van der Waals surface area contributed by atoms with Gasteiger partial charge >= 0.3 is 5.97 Å². The number of allylic oxidation sites excluding steroid dienone is 7. The maximum absolute atomic E-state index is 12.4. The Labute approximate surface area is 436 Å². The van der Waals surface area contributed by atoms with Gasteiger partial charge in [-0.05, 0) is 89.9 Å². The highest BCUT2D eigenvalue weighted by atomic mass is 16.5. The maximum atomic E-state index is 12.4. The van der Waals surface area contributed by atoms with Gasteiger partial charge in [0.25, 0.3) is 0 Å². The first-order chi connectivity index (χ1) is 34.5. The number of aliphatic hydroxyl groups excluding tert-OH is 2. The summed E-state index contributed by atoms with van der Waals surface area (Å²) in [6, 6.07) is -0.631. The Morgan fingerprint density at radius 2 is 0.714 bits per heavy atom. The van der Waals surface area contributed by atoms with Crippen LogP contribution in [0.4, 0.5) is 0 Å². The van der Waals surface area contributed by atoms with Gasteiger partial charge in [-0.15, -0.1) is 0 Å². The lowest BCUT2D eigenvalue weighted by molar-refractivity contribution is -0.143. The summed E-state index contributed by atoms with van der Waals surface area (Å²) in [4.78, 5) is 24.5. The molecule has 0 spiro atoms. The molecule has 0 bridgehead atoms. The molecule has 0 rings (SSSR count). The third-order valence-electron chi connectivity index (χ3n) is 14.1. The highest BCUT2D eigenvalue weighted by Gasteiger charge is 2.18. The van der Waals surface area contributed by atoms with E-state index in [1.165, 1.54) is 244 Å². The van der Waals surface area contributed by atoms with Crippen LogP contribution < -0.4 is 5.32 Å². The summed E-state index contributed by atoms with van der Waals surface area (Å²) in [6.45, 7) is 4.87. The van der Waals surface area contributed by atoms with Crippen LogP contribution in [-0.2, 0) is 14.3 Å². The van der Waals surface area contributed by atoms with Gasteiger partial charge in [-0.25, -0.2) is 0 Å². The fraction of sp³-hybridized carbons (Fsp3) is 0.844. The molecule has 0 aromatic heterocycles. The van der Waals surface area contributed by atoms with Gasteiger partial charge in [-0.3, -0.25) is 9.59 Å². The van der Waals surface area contributed by atoms with Gasteiger partial charge in [0, 0.05) is 12.8 Å². The van der Waals surface area contributed by atoms with Crippen LogP contribution in [0, 0.1) is 0 Å². The van der Waals surface area contributed by atoms with Gasteiger partial charge in [-0.1, -0.05) is 268 Å². The van der Waals surface area contributed by atoms with Crippen LogP contribution in [0.25, 0.3) is 0 Å². The molecule has 0 aromatic carbocycles. The fourth-order valence-corrected chi connectivity index (χ4v) is 9.31. The smallest absolute Gasteiger partial charge is 0.305 e. The highest BCUT2D eigenvalue weighted by molar-refractivity contribution is 5.76. The molecule has 2 atom stereocenters. The molecule has 0 radical (unpaired) electrons. The quantitative estimate of drug-likeness (QED) is 0.0321. The standard InChI is InChI=1S/C64H119NO5/c1-3-5-7-9-11-13-14-15-16-17-25-29-32-35-38-42-46-50-54-58-64(69)70-59-55-51-47-43-39-36-33-30-27-24-22-20-18-19-21-23-26-28-31-34-37-41-45-49-53-57-63(68)65-61(60-66)62(67)56-52-48-44-40-12-10-8-6-4-2/h15-16,19-22,52,56,61-62,66-67H,3-14,17-18,23-51,53-55,57-60H2,1-2H3,(H,65,68)/b16-15-,21-19-,22-20-,56-52+. The van der Waals surface area contributed by atoms with Crippen LogP contribution in [0.15, 0.2) is 48.6 Å². The van der Waals surface area contributed by atoms with Crippen LogP contribution in [0.3, 0.4) is 0 Å². The summed E-state index contributed by atoms with van der Waals surface area (Å²) in [5, 5.41) is 22.9. The summed E-state index contributed by atoms with van der Waals surface area (Å²) in [6.07, 6.45) is 75.9. The van der Waals surface area contributed by atoms with E-state index in [1.54, 1.807) is 6.08 Å². The molecule has 2 unspecified atom stereocenters. The van der Waals surface area contributed by atoms with Crippen LogP contribution in [0.1, 0.15) is 322 Å². The summed E-state index contributed by atoms with van der Waals surface area (Å²) >= 11 is 0. The van der Waals surface area contributed by atoms with Crippen molar-refractivity contribution in [3.05, 3.63) is 48.6 Å². The first kappa shape index (κ1) is 67.8. The normalized spacial score (nSPS) is 12.9. The van der Waals surface area contributed by atoms with Crippen molar-refractivity contribution in [2.24, 2.45) is 0 Å². The average molecular weight is 983 g/mol. The molecule has 0 saturated heterocycles. The second-order valence-electron chi connectivity index (χ2n) is 21.0. The lowest BCUT2D eigenvalue weighted by atomic mass is 10.0. The summed E-state index contributed by atoms with van der Waals surface area (Å²) in [7, 11) is 0. The van der Waals surface area contributed by atoms with E-state index in [-0.39, 0.29) is 18.5 Å². The van der Waals surface area contributed by atoms with Crippen molar-refractivity contribution in [3.63, 3.8) is 0 Å². The van der Waals surface area contributed by atoms with Gasteiger partial charge < -0.3 is 20.3 Å². The van der Waals surface area contributed by atoms with Gasteiger partial charge in [0.2, 0.25) is 5.91 Å². The number of hydrogen-bond acceptors (Lipinski definition) is 5. The predicted octanol–water partition coefficient (Wildman–Crippen LogP) is 19.4. The van der Waals surface area contributed by atoms with Crippen molar-refractivity contribution in [2.45, 2.75) is 334 Å². The zero-order valence-electron chi connectivity index (χ0n) is 46.7. The lowest BCUT2D eigenvalue weighted by Crippen LogP contribution is -2.45. The summed E-state index contributed by atoms with van der Waals surface area (Å²) < 4.78 is 5.49. The number of unbranched alkanes of at least 4 members (excludes halogenated alkanes) is 40. The Balaban J connectivity index is 3.41. The van der Waals surface area contributed by atoms with Gasteiger partial charge in [0.1, 0.15) is 0 Å². The zero-order chi connectivity index (χ0) is 50.7. The van der Waals surface area contributed by atoms with Crippen molar-refractivity contribution < 1.29 is 24.5 Å². The van der Waals surface area contributed by atoms with E-state index < -0.39 is 12.1 Å². The van der Waals surface area contributed by atoms with Crippen LogP contribution in [0.2, 0.25) is 0 Å². The summed E-state index contributed by atoms with van der Waals surface area (Å²) in [5.41, 5.74) is 0. The number of amides is 1. The third kappa shape index (κ3) is 55.1. The molecule has 3 N–H and O–H groups in total. The molecule has 0 aliphatic carbocycles. The molecule has 0 fully saturated rings. The molecule has 0 heterocycles. The third-order valence-corrected chi connectivity index (χ3v) is 14.1. The Hall–Kier alpha value is -2.18. The van der Waals surface area contributed by atoms with Crippen molar-refractivity contribution in [1.29, 1.82) is 0 Å². The highest BCUT2D eigenvalue weighted by Crippen LogP contribution is 2.16. The first-order valence-corrected chi connectivity index (χ1v) is 30.9. The minimum absolute atomic E-state index is 0.00767. The van der Waals surface area contributed by atoms with Crippen molar-refractivity contribution in [2.75, 3.05) is 13.2 Å². The molecular formula is C64H119NO5. The molecule has 0 aromatic rings. The van der Waals surface area contributed by atoms with E-state index >= 15 is 0 Å². The van der Waals surface area contributed by atoms with Crippen molar-refractivity contribution in [3.8, 4) is 0 Å². The minimum atomic E-state index is -0.847. The van der Waals surface area contributed by atoms with E-state index in [4.69, 9.17) is 4.74 Å². The molecule has 0 saturated carbocycles. The Morgan fingerprint density at radius 3 is 1.10 bits per heavy atom. The molecular weight excluding hydrogens is 863 g/mol. The SMILES string of the molecule is CCCCCCCC/C=C\CCCCCCCCCCCC(=O)OCCCCCCCCCCC/C=C\C/C=C\CCCCCCCCCCCC(=O)NC(CO)C(O)/C=C/CCCCCCCCC. The predicted molar refractivity (Wildman–Crippen MR) is 306 cm³/mol. The molecule has 6 heteroatoms. The number of carbonyl (C=O) groups is 2. The minimum Gasteiger partial charge on any atom is -0.466 e. The van der Waals surface area contributed by atoms with E-state index in [2.05, 4.69) is 55.6 Å². The van der Waals surface area contributed by atoms with E-state index in [0.29, 0.717) is 19.4 Å². The first-order valence-electron chi connectivity index (χ1n) is 30.9. The number of aliphatic hydroxyl groups is 2. The van der Waals surface area contributed by atoms with Crippen molar-refractivity contribution in [1.82, 2.24) is 5.32 Å². The zero-order valence-corrected chi connectivity index (χ0v) is 46.7. The number of hydrogen-bond donors (Lipinski definition) is 3. The number of esters is 1. The topological polar surface area (TPSA) is 95.9 Å². The van der Waals surface area contributed by atoms with Gasteiger partial charge in [0.05, 0.1) is 25.4 Å². The van der Waals surface area contributed by atoms with Gasteiger partial charge in [-0.2, -0.15) is 0 Å². The maximum Gasteiger partial charge on any atom is 0.305 e. The lowest BCUT2D eigenvalue weighted by Gasteiger charge is -2.20. The average Bonchev–Trinajstić information content (AvgIpc) is 3.36. The second-order valence-corrected chi connectivity index (χ2v) is 21.0. The number of nitrogens with one attached hydrogen (secondary N) is 1. The van der Waals surface area contributed by atoms with Crippen LogP contribution in [0.5, 0.6) is 0 Å². The summed E-state index contributed by atoms with van der Waals surface area (Å²) in [5.74, 6) is -0.0695. The molecule has 0 aliphatic rings. The van der Waals surface area contributed by atoms with Crippen LogP contribution >= 0.6 is 0 Å². The van der Waals surface area contributed by atoms with E-state index in [9.17, 15) is 19.8 Å².